The number of ether oxygens (including phenoxy) is 2. The summed E-state index contributed by atoms with van der Waals surface area (Å²) in [6.07, 6.45) is 14.4. The summed E-state index contributed by atoms with van der Waals surface area (Å²) in [5.74, 6) is 0.793. The second-order valence-electron chi connectivity index (χ2n) is 18.5. The lowest BCUT2D eigenvalue weighted by atomic mass is 10.1. The van der Waals surface area contributed by atoms with Crippen LogP contribution in [0.5, 0.6) is 11.5 Å². The Balaban J connectivity index is 1.27. The van der Waals surface area contributed by atoms with Gasteiger partial charge in [-0.25, -0.2) is 0 Å². The zero-order chi connectivity index (χ0) is 41.2. The topological polar surface area (TPSA) is 95.1 Å². The lowest BCUT2D eigenvalue weighted by Gasteiger charge is -2.31. The maximum Gasteiger partial charge on any atom is 0.269 e. The van der Waals surface area contributed by atoms with Gasteiger partial charge in [-0.1, -0.05) is 76.3 Å². The molecule has 0 saturated heterocycles. The maximum atomic E-state index is 12.9. The number of hydrazine groups is 1. The molecule has 0 bridgehead atoms. The first-order chi connectivity index (χ1) is 26.3. The Morgan fingerprint density at radius 3 is 1.32 bits per heavy atom. The number of carbonyl (C=O) groups excluding carboxylic acids is 2. The Labute approximate surface area is 343 Å². The van der Waals surface area contributed by atoms with Gasteiger partial charge in [0.15, 0.2) is 33.3 Å². The third-order valence-corrected chi connectivity index (χ3v) is 22.0. The molecule has 3 rings (SSSR count). The second kappa shape index (κ2) is 23.0. The molecule has 3 aromatic carbocycles. The third kappa shape index (κ3) is 20.1. The molecule has 12 heteroatoms. The highest BCUT2D eigenvalue weighted by molar-refractivity contribution is 6.84. The maximum absolute atomic E-state index is 12.9. The Morgan fingerprint density at radius 1 is 0.446 bits per heavy atom. The number of hydrogen-bond acceptors (Lipinski definition) is 6. The molecule has 0 aliphatic heterocycles. The largest absolute Gasteiger partial charge is 0.494 e. The third-order valence-electron chi connectivity index (χ3n) is 9.53. The highest BCUT2D eigenvalue weighted by atomic mass is 28.4. The van der Waals surface area contributed by atoms with Crippen molar-refractivity contribution in [2.24, 2.45) is 0 Å². The number of benzene rings is 3. The molecule has 2 amide bonds. The van der Waals surface area contributed by atoms with Crippen molar-refractivity contribution >= 4 is 55.9 Å². The van der Waals surface area contributed by atoms with Crippen molar-refractivity contribution in [2.75, 3.05) is 13.2 Å². The predicted octanol–water partition coefficient (Wildman–Crippen LogP) is 12.5. The lowest BCUT2D eigenvalue weighted by Crippen LogP contribution is -2.42. The number of unbranched alkanes of at least 4 members (excludes halogenated alkanes) is 10. The van der Waals surface area contributed by atoms with Gasteiger partial charge < -0.3 is 17.7 Å². The Bertz CT molecular complexity index is 1640. The first kappa shape index (κ1) is 47.6. The zero-order valence-electron chi connectivity index (χ0n) is 36.5. The van der Waals surface area contributed by atoms with Gasteiger partial charge in [-0.3, -0.25) is 20.4 Å². The fraction of sp³-hybridized carbons (Fsp3) is 0.591. The van der Waals surface area contributed by atoms with Crippen molar-refractivity contribution < 1.29 is 27.3 Å². The molecule has 0 fully saturated rings. The molecular weight excluding hydrogens is 765 g/mol. The van der Waals surface area contributed by atoms with E-state index in [-0.39, 0.29) is 11.8 Å². The minimum atomic E-state index is -1.52. The molecule has 0 atom stereocenters. The molecule has 56 heavy (non-hydrogen) atoms. The number of rotatable bonds is 26. The van der Waals surface area contributed by atoms with Crippen LogP contribution in [0.25, 0.3) is 10.8 Å². The van der Waals surface area contributed by atoms with E-state index < -0.39 is 33.3 Å². The number of carbonyl (C=O) groups is 2. The average molecular weight is 839 g/mol. The van der Waals surface area contributed by atoms with E-state index in [0.29, 0.717) is 24.3 Å². The minimum Gasteiger partial charge on any atom is -0.494 e. The van der Waals surface area contributed by atoms with Crippen molar-refractivity contribution in [2.45, 2.75) is 155 Å². The van der Waals surface area contributed by atoms with E-state index >= 15 is 0 Å². The fourth-order valence-electron chi connectivity index (χ4n) is 7.27. The molecule has 0 spiro atoms. The Morgan fingerprint density at radius 2 is 0.821 bits per heavy atom. The zero-order valence-corrected chi connectivity index (χ0v) is 40.5. The summed E-state index contributed by atoms with van der Waals surface area (Å²) in [5, 5.41) is 1.92. The van der Waals surface area contributed by atoms with Crippen LogP contribution in [0, 0.1) is 0 Å². The van der Waals surface area contributed by atoms with Crippen LogP contribution >= 0.6 is 0 Å². The monoisotopic (exact) mass is 838 g/mol. The van der Waals surface area contributed by atoms with Gasteiger partial charge in [0.1, 0.15) is 11.5 Å². The highest BCUT2D eigenvalue weighted by Crippen LogP contribution is 2.25. The van der Waals surface area contributed by atoms with Gasteiger partial charge in [0.2, 0.25) is 0 Å². The van der Waals surface area contributed by atoms with Crippen molar-refractivity contribution in [1.82, 2.24) is 10.9 Å². The first-order valence-corrected chi connectivity index (χ1v) is 34.3. The number of nitrogens with one attached hydrogen (secondary N) is 2. The van der Waals surface area contributed by atoms with Gasteiger partial charge in [-0.2, -0.15) is 0 Å². The summed E-state index contributed by atoms with van der Waals surface area (Å²) in [7, 11) is -5.94. The van der Waals surface area contributed by atoms with Crippen LogP contribution < -0.4 is 20.3 Å². The predicted molar refractivity (Wildman–Crippen MR) is 245 cm³/mol. The standard InChI is InChI=1S/C44H74N2O6Si4/c1-53(2,3)51-55(7,8)33-21-17-13-11-15-19-31-49-41-28-25-37(26-29-41)43(47)45-46-44(48)40-24-23-39-36-42(30-27-38(39)35-40)50-32-20-16-12-14-18-22-34-56(9,10)52-54(4,5)6/h23-30,35-36H,11-22,31-34H2,1-10H3,(H,45,47)(H,46,48). The molecule has 0 saturated carbocycles. The van der Waals surface area contributed by atoms with Crippen molar-refractivity contribution in [1.29, 1.82) is 0 Å². The lowest BCUT2D eigenvalue weighted by molar-refractivity contribution is 0.0846. The summed E-state index contributed by atoms with van der Waals surface area (Å²) in [5.41, 5.74) is 5.97. The van der Waals surface area contributed by atoms with Crippen LogP contribution in [0.2, 0.25) is 77.6 Å². The molecule has 2 N–H and O–H groups in total. The fourth-order valence-corrected chi connectivity index (χ4v) is 23.6. The number of hydrogen-bond donors (Lipinski definition) is 2. The van der Waals surface area contributed by atoms with Crippen molar-refractivity contribution in [3.05, 3.63) is 71.8 Å². The molecule has 0 aliphatic rings. The van der Waals surface area contributed by atoms with Crippen LogP contribution in [-0.2, 0) is 8.23 Å². The molecule has 3 aromatic rings. The summed E-state index contributed by atoms with van der Waals surface area (Å²) in [6.45, 7) is 24.5. The van der Waals surface area contributed by atoms with Crippen molar-refractivity contribution in [3.8, 4) is 11.5 Å². The van der Waals surface area contributed by atoms with Gasteiger partial charge in [-0.05, 0) is 150 Å². The SMILES string of the molecule is C[Si](C)(C)O[Si](C)(C)CCCCCCCCOc1ccc(C(=O)NNC(=O)c2ccc3cc(OCCCCCCCC[Si](C)(C)O[Si](C)(C)C)ccc3c2)cc1. The van der Waals surface area contributed by atoms with Crippen LogP contribution in [0.3, 0.4) is 0 Å². The van der Waals surface area contributed by atoms with Crippen LogP contribution in [0.4, 0.5) is 0 Å². The van der Waals surface area contributed by atoms with E-state index in [9.17, 15) is 9.59 Å². The van der Waals surface area contributed by atoms with Crippen molar-refractivity contribution in [3.63, 3.8) is 0 Å². The summed E-state index contributed by atoms with van der Waals surface area (Å²) in [6, 6.07) is 20.9. The summed E-state index contributed by atoms with van der Waals surface area (Å²) in [4.78, 5) is 25.6. The van der Waals surface area contributed by atoms with Crippen LogP contribution in [-0.4, -0.2) is 58.3 Å². The van der Waals surface area contributed by atoms with Gasteiger partial charge in [-0.15, -0.1) is 0 Å². The van der Waals surface area contributed by atoms with Crippen LogP contribution in [0.15, 0.2) is 60.7 Å². The smallest absolute Gasteiger partial charge is 0.269 e. The second-order valence-corrected chi connectivity index (χ2v) is 36.7. The van der Waals surface area contributed by atoms with E-state index in [1.165, 1.54) is 69.9 Å². The molecule has 0 aromatic heterocycles. The molecule has 0 heterocycles. The van der Waals surface area contributed by atoms with E-state index in [0.717, 1.165) is 41.5 Å². The Kier molecular flexibility index (Phi) is 19.6. The quantitative estimate of drug-likeness (QED) is 0.0475. The van der Waals surface area contributed by atoms with Crippen LogP contribution in [0.1, 0.15) is 97.8 Å². The number of amides is 2. The van der Waals surface area contributed by atoms with Gasteiger partial charge >= 0.3 is 0 Å². The number of fused-ring (bicyclic) bond motifs is 1. The molecule has 0 radical (unpaired) electrons. The molecule has 0 aliphatic carbocycles. The summed E-state index contributed by atoms with van der Waals surface area (Å²) < 4.78 is 24.9. The Hall–Kier alpha value is -2.75. The summed E-state index contributed by atoms with van der Waals surface area (Å²) >= 11 is 0. The van der Waals surface area contributed by atoms with Gasteiger partial charge in [0.05, 0.1) is 13.2 Å². The van der Waals surface area contributed by atoms with E-state index in [2.05, 4.69) is 76.3 Å². The molecule has 0 unspecified atom stereocenters. The van der Waals surface area contributed by atoms with Gasteiger partial charge in [0.25, 0.3) is 11.8 Å². The van der Waals surface area contributed by atoms with E-state index in [1.807, 2.05) is 30.3 Å². The highest BCUT2D eigenvalue weighted by Gasteiger charge is 2.29. The molecule has 8 nitrogen and oxygen atoms in total. The molecule has 312 valence electrons. The van der Waals surface area contributed by atoms with Gasteiger partial charge in [0, 0.05) is 11.1 Å². The first-order valence-electron chi connectivity index (χ1n) is 21.2. The normalized spacial score (nSPS) is 12.5. The average Bonchev–Trinajstić information content (AvgIpc) is 3.10. The minimum absolute atomic E-state index is 0.382. The molecular formula is C44H74N2O6Si4. The van der Waals surface area contributed by atoms with E-state index in [1.54, 1.807) is 30.3 Å². The van der Waals surface area contributed by atoms with E-state index in [4.69, 9.17) is 17.7 Å².